The number of carbonyl (C=O) groups excluding carboxylic acids is 1. The molecule has 1 amide bonds. The van der Waals surface area contributed by atoms with Crippen LogP contribution in [-0.2, 0) is 16.1 Å². The summed E-state index contributed by atoms with van der Waals surface area (Å²) < 4.78 is 5.07. The highest BCUT2D eigenvalue weighted by Crippen LogP contribution is 2.09. The zero-order chi connectivity index (χ0) is 11.4. The molecule has 1 aliphatic heterocycles. The van der Waals surface area contributed by atoms with Gasteiger partial charge in [-0.05, 0) is 11.6 Å². The van der Waals surface area contributed by atoms with Crippen LogP contribution in [0.5, 0.6) is 0 Å². The normalized spacial score (nSPS) is 16.3. The van der Waals surface area contributed by atoms with Gasteiger partial charge in [0.15, 0.2) is 0 Å². The van der Waals surface area contributed by atoms with Crippen LogP contribution in [0.4, 0.5) is 5.82 Å². The number of aromatic nitrogens is 1. The second-order valence-corrected chi connectivity index (χ2v) is 3.67. The van der Waals surface area contributed by atoms with E-state index in [0.717, 1.165) is 11.4 Å². The van der Waals surface area contributed by atoms with Gasteiger partial charge in [0.1, 0.15) is 12.4 Å². The molecule has 1 aromatic rings. The molecule has 16 heavy (non-hydrogen) atoms. The third-order valence-corrected chi connectivity index (χ3v) is 2.54. The molecule has 2 rings (SSSR count). The SMILES string of the molecule is CNc1ccc(CN2CCOCC2=O)cn1. The van der Waals surface area contributed by atoms with Crippen LogP contribution in [0.25, 0.3) is 0 Å². The monoisotopic (exact) mass is 221 g/mol. The van der Waals surface area contributed by atoms with Gasteiger partial charge >= 0.3 is 0 Å². The van der Waals surface area contributed by atoms with Crippen LogP contribution in [-0.4, -0.2) is 42.6 Å². The molecule has 0 radical (unpaired) electrons. The first kappa shape index (κ1) is 10.9. The van der Waals surface area contributed by atoms with Crippen LogP contribution in [0.1, 0.15) is 5.56 Å². The predicted octanol–water partition coefficient (Wildman–Crippen LogP) is 0.482. The second kappa shape index (κ2) is 4.94. The number of morpholine rings is 1. The van der Waals surface area contributed by atoms with Crippen molar-refractivity contribution in [2.24, 2.45) is 0 Å². The molecule has 1 aromatic heterocycles. The fourth-order valence-corrected chi connectivity index (χ4v) is 1.60. The highest BCUT2D eigenvalue weighted by atomic mass is 16.5. The van der Waals surface area contributed by atoms with Gasteiger partial charge in [-0.3, -0.25) is 4.79 Å². The molecular formula is C11H15N3O2. The molecule has 0 bridgehead atoms. The number of ether oxygens (including phenoxy) is 1. The number of amides is 1. The van der Waals surface area contributed by atoms with E-state index in [4.69, 9.17) is 4.74 Å². The molecule has 5 nitrogen and oxygen atoms in total. The Morgan fingerprint density at radius 2 is 2.44 bits per heavy atom. The molecule has 2 heterocycles. The fourth-order valence-electron chi connectivity index (χ4n) is 1.60. The summed E-state index contributed by atoms with van der Waals surface area (Å²) in [7, 11) is 1.83. The first-order chi connectivity index (χ1) is 7.79. The summed E-state index contributed by atoms with van der Waals surface area (Å²) >= 11 is 0. The maximum Gasteiger partial charge on any atom is 0.248 e. The van der Waals surface area contributed by atoms with Gasteiger partial charge in [-0.25, -0.2) is 4.98 Å². The summed E-state index contributed by atoms with van der Waals surface area (Å²) in [4.78, 5) is 17.5. The van der Waals surface area contributed by atoms with Crippen molar-refractivity contribution in [1.82, 2.24) is 9.88 Å². The average molecular weight is 221 g/mol. The van der Waals surface area contributed by atoms with E-state index in [1.54, 1.807) is 11.1 Å². The Hall–Kier alpha value is -1.62. The Labute approximate surface area is 94.4 Å². The summed E-state index contributed by atoms with van der Waals surface area (Å²) in [6.45, 7) is 2.08. The minimum Gasteiger partial charge on any atom is -0.373 e. The topological polar surface area (TPSA) is 54.5 Å². The number of nitrogens with one attached hydrogen (secondary N) is 1. The lowest BCUT2D eigenvalue weighted by atomic mass is 10.2. The van der Waals surface area contributed by atoms with Gasteiger partial charge in [0.25, 0.3) is 0 Å². The number of nitrogens with zero attached hydrogens (tertiary/aromatic N) is 2. The molecule has 86 valence electrons. The maximum atomic E-state index is 11.5. The van der Waals surface area contributed by atoms with Gasteiger partial charge in [-0.1, -0.05) is 6.07 Å². The Kier molecular flexibility index (Phi) is 3.36. The Balaban J connectivity index is 1.99. The van der Waals surface area contributed by atoms with E-state index in [9.17, 15) is 4.79 Å². The van der Waals surface area contributed by atoms with E-state index in [1.165, 1.54) is 0 Å². The van der Waals surface area contributed by atoms with Crippen molar-refractivity contribution in [2.75, 3.05) is 32.1 Å². The molecule has 0 aliphatic carbocycles. The highest BCUT2D eigenvalue weighted by molar-refractivity contribution is 5.77. The van der Waals surface area contributed by atoms with E-state index >= 15 is 0 Å². The maximum absolute atomic E-state index is 11.5. The molecular weight excluding hydrogens is 206 g/mol. The zero-order valence-electron chi connectivity index (χ0n) is 9.27. The van der Waals surface area contributed by atoms with Gasteiger partial charge in [0.05, 0.1) is 6.61 Å². The van der Waals surface area contributed by atoms with Crippen LogP contribution in [0, 0.1) is 0 Å². The summed E-state index contributed by atoms with van der Waals surface area (Å²) in [5.41, 5.74) is 1.04. The number of hydrogen-bond donors (Lipinski definition) is 1. The van der Waals surface area contributed by atoms with E-state index in [2.05, 4.69) is 10.3 Å². The minimum absolute atomic E-state index is 0.0453. The quantitative estimate of drug-likeness (QED) is 0.806. The number of carbonyl (C=O) groups is 1. The number of rotatable bonds is 3. The van der Waals surface area contributed by atoms with Gasteiger partial charge in [0, 0.05) is 26.3 Å². The largest absolute Gasteiger partial charge is 0.373 e. The minimum atomic E-state index is 0.0453. The van der Waals surface area contributed by atoms with Crippen molar-refractivity contribution in [1.29, 1.82) is 0 Å². The number of anilines is 1. The Morgan fingerprint density at radius 1 is 1.56 bits per heavy atom. The molecule has 1 saturated heterocycles. The first-order valence-corrected chi connectivity index (χ1v) is 5.28. The van der Waals surface area contributed by atoms with E-state index < -0.39 is 0 Å². The molecule has 1 fully saturated rings. The Morgan fingerprint density at radius 3 is 3.06 bits per heavy atom. The predicted molar refractivity (Wildman–Crippen MR) is 60.0 cm³/mol. The van der Waals surface area contributed by atoms with Crippen molar-refractivity contribution in [2.45, 2.75) is 6.54 Å². The van der Waals surface area contributed by atoms with E-state index in [-0.39, 0.29) is 12.5 Å². The number of pyridine rings is 1. The first-order valence-electron chi connectivity index (χ1n) is 5.28. The highest BCUT2D eigenvalue weighted by Gasteiger charge is 2.18. The lowest BCUT2D eigenvalue weighted by molar-refractivity contribution is -0.143. The second-order valence-electron chi connectivity index (χ2n) is 3.67. The molecule has 1 N–H and O–H groups in total. The average Bonchev–Trinajstić information content (AvgIpc) is 2.33. The summed E-state index contributed by atoms with van der Waals surface area (Å²) in [6.07, 6.45) is 1.79. The molecule has 0 saturated carbocycles. The van der Waals surface area contributed by atoms with Crippen LogP contribution in [0.2, 0.25) is 0 Å². The van der Waals surface area contributed by atoms with Crippen LogP contribution in [0.15, 0.2) is 18.3 Å². The van der Waals surface area contributed by atoms with Crippen LogP contribution < -0.4 is 5.32 Å². The van der Waals surface area contributed by atoms with Gasteiger partial charge in [-0.2, -0.15) is 0 Å². The fraction of sp³-hybridized carbons (Fsp3) is 0.455. The lowest BCUT2D eigenvalue weighted by Crippen LogP contribution is -2.40. The molecule has 0 aromatic carbocycles. The van der Waals surface area contributed by atoms with Gasteiger partial charge in [0.2, 0.25) is 5.91 Å². The van der Waals surface area contributed by atoms with Crippen LogP contribution in [0.3, 0.4) is 0 Å². The van der Waals surface area contributed by atoms with Crippen molar-refractivity contribution in [3.05, 3.63) is 23.9 Å². The van der Waals surface area contributed by atoms with Crippen molar-refractivity contribution in [3.63, 3.8) is 0 Å². The summed E-state index contributed by atoms with van der Waals surface area (Å²) in [5, 5.41) is 2.95. The van der Waals surface area contributed by atoms with E-state index in [1.807, 2.05) is 19.2 Å². The zero-order valence-corrected chi connectivity index (χ0v) is 9.27. The van der Waals surface area contributed by atoms with Crippen molar-refractivity contribution >= 4 is 11.7 Å². The lowest BCUT2D eigenvalue weighted by Gasteiger charge is -2.26. The standard InChI is InChI=1S/C11H15N3O2/c1-12-10-3-2-9(6-13-10)7-14-4-5-16-8-11(14)15/h2-3,6H,4-5,7-8H2,1H3,(H,12,13). The van der Waals surface area contributed by atoms with Crippen molar-refractivity contribution in [3.8, 4) is 0 Å². The van der Waals surface area contributed by atoms with Crippen molar-refractivity contribution < 1.29 is 9.53 Å². The molecule has 0 atom stereocenters. The van der Waals surface area contributed by atoms with E-state index in [0.29, 0.717) is 19.7 Å². The van der Waals surface area contributed by atoms with Crippen LogP contribution >= 0.6 is 0 Å². The number of hydrogen-bond acceptors (Lipinski definition) is 4. The molecule has 0 unspecified atom stereocenters. The summed E-state index contributed by atoms with van der Waals surface area (Å²) in [6, 6.07) is 3.88. The third kappa shape index (κ3) is 2.49. The van der Waals surface area contributed by atoms with Gasteiger partial charge in [-0.15, -0.1) is 0 Å². The molecule has 5 heteroatoms. The third-order valence-electron chi connectivity index (χ3n) is 2.54. The smallest absolute Gasteiger partial charge is 0.248 e. The molecule has 1 aliphatic rings. The molecule has 0 spiro atoms. The summed E-state index contributed by atoms with van der Waals surface area (Å²) in [5.74, 6) is 0.876. The van der Waals surface area contributed by atoms with Gasteiger partial charge < -0.3 is 15.0 Å². The Bertz CT molecular complexity index is 364.